The molecule has 0 radical (unpaired) electrons. The van der Waals surface area contributed by atoms with Crippen molar-refractivity contribution in [3.63, 3.8) is 0 Å². The van der Waals surface area contributed by atoms with Crippen molar-refractivity contribution in [1.29, 1.82) is 0 Å². The van der Waals surface area contributed by atoms with Crippen molar-refractivity contribution in [1.82, 2.24) is 4.57 Å². The van der Waals surface area contributed by atoms with E-state index in [1.54, 1.807) is 43.9 Å². The van der Waals surface area contributed by atoms with Crippen LogP contribution in [0.3, 0.4) is 0 Å². The second-order valence-electron chi connectivity index (χ2n) is 5.62. The number of benzene rings is 1. The Labute approximate surface area is 139 Å². The summed E-state index contributed by atoms with van der Waals surface area (Å²) in [4.78, 5) is 17.8. The molecule has 0 fully saturated rings. The first-order valence-corrected chi connectivity index (χ1v) is 7.69. The molecule has 0 unspecified atom stereocenters. The molecule has 0 bridgehead atoms. The van der Waals surface area contributed by atoms with Gasteiger partial charge < -0.3 is 13.7 Å². The van der Waals surface area contributed by atoms with Crippen molar-refractivity contribution in [3.8, 4) is 5.75 Å². The molecule has 5 heteroatoms. The summed E-state index contributed by atoms with van der Waals surface area (Å²) in [7, 11) is 1.60. The van der Waals surface area contributed by atoms with E-state index in [0.717, 1.165) is 11.4 Å². The van der Waals surface area contributed by atoms with Crippen LogP contribution in [0.25, 0.3) is 0 Å². The van der Waals surface area contributed by atoms with Gasteiger partial charge in [-0.3, -0.25) is 9.79 Å². The molecule has 2 aromatic heterocycles. The van der Waals surface area contributed by atoms with Crippen molar-refractivity contribution in [2.24, 2.45) is 4.99 Å². The molecule has 0 spiro atoms. The standard InChI is InChI=1S/C19H16N2O3/c1-23-15-8-6-13(7-9-15)19(22)18-17(16-5-3-11-24-16)20-12-14-4-2-10-21(14)18/h2-12,17-18H,1H3/t17-,18+/m1/s1. The van der Waals surface area contributed by atoms with Crippen LogP contribution in [0.1, 0.15) is 33.9 Å². The van der Waals surface area contributed by atoms with Gasteiger partial charge in [0.1, 0.15) is 23.6 Å². The van der Waals surface area contributed by atoms with Crippen LogP contribution in [0.2, 0.25) is 0 Å². The lowest BCUT2D eigenvalue weighted by atomic mass is 9.95. The number of ether oxygens (including phenoxy) is 1. The number of carbonyl (C=O) groups is 1. The smallest absolute Gasteiger partial charge is 0.188 e. The van der Waals surface area contributed by atoms with Crippen molar-refractivity contribution < 1.29 is 13.9 Å². The number of ketones is 1. The van der Waals surface area contributed by atoms with Crippen molar-refractivity contribution in [3.05, 3.63) is 78.0 Å². The highest BCUT2D eigenvalue weighted by molar-refractivity contribution is 6.00. The highest BCUT2D eigenvalue weighted by atomic mass is 16.5. The van der Waals surface area contributed by atoms with Crippen molar-refractivity contribution >= 4 is 12.0 Å². The van der Waals surface area contributed by atoms with E-state index in [4.69, 9.17) is 9.15 Å². The molecule has 0 N–H and O–H groups in total. The molecule has 1 aliphatic heterocycles. The zero-order valence-corrected chi connectivity index (χ0v) is 13.1. The molecule has 1 aliphatic rings. The third-order valence-electron chi connectivity index (χ3n) is 4.26. The van der Waals surface area contributed by atoms with Crippen LogP contribution in [-0.4, -0.2) is 23.7 Å². The molecule has 0 aliphatic carbocycles. The lowest BCUT2D eigenvalue weighted by molar-refractivity contribution is 0.0899. The molecule has 4 rings (SSSR count). The quantitative estimate of drug-likeness (QED) is 0.689. The maximum absolute atomic E-state index is 13.2. The number of nitrogens with zero attached hydrogens (tertiary/aromatic N) is 2. The minimum Gasteiger partial charge on any atom is -0.497 e. The average molecular weight is 320 g/mol. The topological polar surface area (TPSA) is 56.7 Å². The molecule has 0 saturated carbocycles. The number of hydrogen-bond donors (Lipinski definition) is 0. The number of methoxy groups -OCH3 is 1. The van der Waals surface area contributed by atoms with Crippen LogP contribution in [0.15, 0.2) is 70.4 Å². The Balaban J connectivity index is 1.76. The summed E-state index contributed by atoms with van der Waals surface area (Å²) < 4.78 is 12.6. The van der Waals surface area contributed by atoms with Gasteiger partial charge in [0.25, 0.3) is 0 Å². The zero-order valence-electron chi connectivity index (χ0n) is 13.1. The van der Waals surface area contributed by atoms with Crippen LogP contribution >= 0.6 is 0 Å². The molecule has 5 nitrogen and oxygen atoms in total. The first-order chi connectivity index (χ1) is 11.8. The monoisotopic (exact) mass is 320 g/mol. The van der Waals surface area contributed by atoms with E-state index in [1.165, 1.54) is 0 Å². The number of aliphatic imine (C=N–C) groups is 1. The second kappa shape index (κ2) is 5.85. The van der Waals surface area contributed by atoms with E-state index in [9.17, 15) is 4.79 Å². The predicted octanol–water partition coefficient (Wildman–Crippen LogP) is 3.69. The first kappa shape index (κ1) is 14.5. The van der Waals surface area contributed by atoms with Crippen molar-refractivity contribution in [2.45, 2.75) is 12.1 Å². The summed E-state index contributed by atoms with van der Waals surface area (Å²) in [5, 5.41) is 0. The Bertz CT molecular complexity index is 876. The lowest BCUT2D eigenvalue weighted by Gasteiger charge is -2.28. The van der Waals surface area contributed by atoms with Gasteiger partial charge in [0.15, 0.2) is 5.78 Å². The fourth-order valence-electron chi connectivity index (χ4n) is 3.04. The Morgan fingerprint density at radius 3 is 2.71 bits per heavy atom. The van der Waals surface area contributed by atoms with Gasteiger partial charge in [0.2, 0.25) is 0 Å². The number of carbonyl (C=O) groups excluding carboxylic acids is 1. The normalized spacial score (nSPS) is 19.0. The largest absolute Gasteiger partial charge is 0.497 e. The van der Waals surface area contributed by atoms with Gasteiger partial charge in [-0.05, 0) is 48.5 Å². The molecular formula is C19H16N2O3. The molecule has 120 valence electrons. The van der Waals surface area contributed by atoms with E-state index in [1.807, 2.05) is 35.0 Å². The minimum atomic E-state index is -0.473. The Morgan fingerprint density at radius 1 is 1.17 bits per heavy atom. The molecule has 0 saturated heterocycles. The van der Waals surface area contributed by atoms with E-state index >= 15 is 0 Å². The van der Waals surface area contributed by atoms with Crippen LogP contribution in [0.5, 0.6) is 5.75 Å². The van der Waals surface area contributed by atoms with E-state index < -0.39 is 6.04 Å². The van der Waals surface area contributed by atoms with Crippen LogP contribution in [-0.2, 0) is 0 Å². The summed E-state index contributed by atoms with van der Waals surface area (Å²) in [5.41, 5.74) is 1.53. The average Bonchev–Trinajstić information content (AvgIpc) is 3.31. The van der Waals surface area contributed by atoms with Gasteiger partial charge in [-0.2, -0.15) is 0 Å². The lowest BCUT2D eigenvalue weighted by Crippen LogP contribution is -2.29. The van der Waals surface area contributed by atoms with E-state index in [0.29, 0.717) is 11.3 Å². The van der Waals surface area contributed by atoms with E-state index in [-0.39, 0.29) is 11.8 Å². The summed E-state index contributed by atoms with van der Waals surface area (Å²) in [6.07, 6.45) is 5.29. The van der Waals surface area contributed by atoms with Gasteiger partial charge >= 0.3 is 0 Å². The molecular weight excluding hydrogens is 304 g/mol. The number of fused-ring (bicyclic) bond motifs is 1. The summed E-state index contributed by atoms with van der Waals surface area (Å²) >= 11 is 0. The Morgan fingerprint density at radius 2 is 2.00 bits per heavy atom. The molecule has 0 amide bonds. The number of hydrogen-bond acceptors (Lipinski definition) is 4. The van der Waals surface area contributed by atoms with E-state index in [2.05, 4.69) is 4.99 Å². The third kappa shape index (κ3) is 2.34. The molecule has 1 aromatic carbocycles. The van der Waals surface area contributed by atoms with Gasteiger partial charge in [-0.15, -0.1) is 0 Å². The molecule has 24 heavy (non-hydrogen) atoms. The summed E-state index contributed by atoms with van der Waals surface area (Å²) in [5.74, 6) is 1.39. The zero-order chi connectivity index (χ0) is 16.5. The van der Waals surface area contributed by atoms with Gasteiger partial charge in [0, 0.05) is 18.0 Å². The minimum absolute atomic E-state index is 0.00615. The summed E-state index contributed by atoms with van der Waals surface area (Å²) in [6, 6.07) is 13.8. The maximum Gasteiger partial charge on any atom is 0.188 e. The Hall–Kier alpha value is -3.08. The van der Waals surface area contributed by atoms with Gasteiger partial charge in [0.05, 0.1) is 19.1 Å². The second-order valence-corrected chi connectivity index (χ2v) is 5.62. The van der Waals surface area contributed by atoms with Crippen molar-refractivity contribution in [2.75, 3.05) is 7.11 Å². The molecule has 3 heterocycles. The number of Topliss-reactive ketones (excluding diaryl/α,β-unsaturated/α-hetero) is 1. The Kier molecular flexibility index (Phi) is 3.54. The fourth-order valence-corrected chi connectivity index (χ4v) is 3.04. The highest BCUT2D eigenvalue weighted by Gasteiger charge is 2.35. The van der Waals surface area contributed by atoms with Crippen LogP contribution in [0.4, 0.5) is 0 Å². The van der Waals surface area contributed by atoms with Crippen LogP contribution < -0.4 is 4.74 Å². The number of furan rings is 1. The molecule has 2 atom stereocenters. The fraction of sp³-hybridized carbons (Fsp3) is 0.158. The number of aromatic nitrogens is 1. The maximum atomic E-state index is 13.2. The molecule has 3 aromatic rings. The number of rotatable bonds is 4. The highest BCUT2D eigenvalue weighted by Crippen LogP contribution is 2.36. The van der Waals surface area contributed by atoms with Crippen LogP contribution in [0, 0.1) is 0 Å². The van der Waals surface area contributed by atoms with Gasteiger partial charge in [-0.1, -0.05) is 0 Å². The third-order valence-corrected chi connectivity index (χ3v) is 4.26. The summed E-state index contributed by atoms with van der Waals surface area (Å²) in [6.45, 7) is 0. The SMILES string of the molecule is COc1ccc(C(=O)[C@@H]2[C@@H](c3ccco3)N=Cc3cccn32)cc1. The predicted molar refractivity (Wildman–Crippen MR) is 89.8 cm³/mol. The van der Waals surface area contributed by atoms with Gasteiger partial charge in [-0.25, -0.2) is 0 Å². The first-order valence-electron chi connectivity index (χ1n) is 7.69.